The number of esters is 2. The fourth-order valence-electron chi connectivity index (χ4n) is 7.76. The van der Waals surface area contributed by atoms with E-state index in [0.29, 0.717) is 13.2 Å². The largest absolute Gasteiger partial charge is 0.496 e. The number of carbonyl (C=O) groups excluding carboxylic acids is 2. The minimum atomic E-state index is -1.81. The number of aliphatic hydroxyl groups is 3. The quantitative estimate of drug-likeness (QED) is 0.176. The monoisotopic (exact) mass is 664 g/mol. The molecule has 3 fully saturated rings. The van der Waals surface area contributed by atoms with Crippen LogP contribution >= 0.6 is 0 Å². The van der Waals surface area contributed by atoms with Crippen molar-refractivity contribution in [2.45, 2.75) is 94.5 Å². The molecular formula is C36H44N2O10. The van der Waals surface area contributed by atoms with E-state index in [9.17, 15) is 24.9 Å². The predicted octanol–water partition coefficient (Wildman–Crippen LogP) is 3.24. The first kappa shape index (κ1) is 34.1. The fourth-order valence-corrected chi connectivity index (χ4v) is 7.76. The summed E-state index contributed by atoms with van der Waals surface area (Å²) in [6.45, 7) is 8.69. The Balaban J connectivity index is 1.25. The van der Waals surface area contributed by atoms with Crippen LogP contribution in [0, 0.1) is 6.92 Å². The molecule has 4 N–H and O–H groups in total. The van der Waals surface area contributed by atoms with Gasteiger partial charge in [-0.1, -0.05) is 24.8 Å². The lowest BCUT2D eigenvalue weighted by atomic mass is 9.79. The van der Waals surface area contributed by atoms with Crippen molar-refractivity contribution in [3.05, 3.63) is 77.5 Å². The number of H-pyrrole nitrogens is 1. The molecule has 12 nitrogen and oxygen atoms in total. The topological polar surface area (TPSA) is 160 Å². The summed E-state index contributed by atoms with van der Waals surface area (Å²) in [6.07, 6.45) is -1.78. The third kappa shape index (κ3) is 6.13. The normalized spacial score (nSPS) is 30.2. The Hall–Kier alpha value is -3.78. The number of aromatic nitrogens is 1. The molecular weight excluding hydrogens is 620 g/mol. The molecule has 3 aromatic rings. The lowest BCUT2D eigenvalue weighted by molar-refractivity contribution is -0.279. The molecule has 1 unspecified atom stereocenters. The summed E-state index contributed by atoms with van der Waals surface area (Å²) in [4.78, 5) is 31.6. The molecule has 0 spiro atoms. The van der Waals surface area contributed by atoms with E-state index < -0.39 is 42.6 Å². The van der Waals surface area contributed by atoms with Crippen molar-refractivity contribution in [2.24, 2.45) is 0 Å². The maximum Gasteiger partial charge on any atom is 0.340 e. The number of rotatable bonds is 11. The predicted molar refractivity (Wildman–Crippen MR) is 174 cm³/mol. The van der Waals surface area contributed by atoms with E-state index >= 15 is 0 Å². The van der Waals surface area contributed by atoms with Gasteiger partial charge in [0, 0.05) is 47.4 Å². The van der Waals surface area contributed by atoms with Crippen LogP contribution in [0.2, 0.25) is 0 Å². The van der Waals surface area contributed by atoms with E-state index in [1.807, 2.05) is 25.3 Å². The molecule has 12 heteroatoms. The Morgan fingerprint density at radius 3 is 2.62 bits per heavy atom. The van der Waals surface area contributed by atoms with Gasteiger partial charge in [-0.05, 0) is 74.9 Å². The standard InChI is InChI=1S/C36H44N2O10/c1-5-15-46-34(43)32-30(40)29(39)31(41)35(47-32)48-33(42)21-7-9-22(10-8-21)36-13-11-23(17-24(18-36)45-6-2)38(36)19-26-25-12-14-37-28(25)20(3)16-27(26)44-4/h5,7-10,12,14,16,23-24,29-32,35,37,39-41H,1,6,11,13,15,17-19H2,2-4H3/t23-,24+,29+,30+,31-,32+,35-,36?/m1/s1. The molecule has 0 radical (unpaired) electrons. The molecule has 4 heterocycles. The van der Waals surface area contributed by atoms with Crippen molar-refractivity contribution >= 4 is 22.8 Å². The van der Waals surface area contributed by atoms with Gasteiger partial charge in [0.15, 0.2) is 6.10 Å². The lowest BCUT2D eigenvalue weighted by Crippen LogP contribution is -2.60. The number of piperidine rings is 1. The maximum absolute atomic E-state index is 13.2. The molecule has 8 atom stereocenters. The number of nitrogens with zero attached hydrogens (tertiary/aromatic N) is 1. The molecule has 258 valence electrons. The number of nitrogens with one attached hydrogen (secondary N) is 1. The van der Waals surface area contributed by atoms with Crippen molar-refractivity contribution in [3.63, 3.8) is 0 Å². The third-order valence-corrected chi connectivity index (χ3v) is 10.1. The van der Waals surface area contributed by atoms with Gasteiger partial charge in [0.25, 0.3) is 0 Å². The molecule has 2 bridgehead atoms. The van der Waals surface area contributed by atoms with Crippen LogP contribution in [-0.4, -0.2) is 100 Å². The minimum absolute atomic E-state index is 0.0911. The van der Waals surface area contributed by atoms with Gasteiger partial charge in [0.2, 0.25) is 6.29 Å². The van der Waals surface area contributed by atoms with Crippen molar-refractivity contribution < 1.29 is 48.6 Å². The van der Waals surface area contributed by atoms with Crippen LogP contribution < -0.4 is 4.74 Å². The van der Waals surface area contributed by atoms with Crippen LogP contribution in [0.15, 0.2) is 55.3 Å². The summed E-state index contributed by atoms with van der Waals surface area (Å²) in [6, 6.07) is 11.6. The zero-order valence-electron chi connectivity index (χ0n) is 27.5. The van der Waals surface area contributed by atoms with Crippen LogP contribution in [0.1, 0.15) is 59.7 Å². The summed E-state index contributed by atoms with van der Waals surface area (Å²) in [5, 5.41) is 32.2. The van der Waals surface area contributed by atoms with Gasteiger partial charge in [-0.15, -0.1) is 0 Å². The van der Waals surface area contributed by atoms with E-state index in [4.69, 9.17) is 23.7 Å². The van der Waals surface area contributed by atoms with E-state index in [-0.39, 0.29) is 29.9 Å². The van der Waals surface area contributed by atoms with Crippen LogP contribution in [0.3, 0.4) is 0 Å². The summed E-state index contributed by atoms with van der Waals surface area (Å²) < 4.78 is 27.8. The Morgan fingerprint density at radius 1 is 1.15 bits per heavy atom. The van der Waals surface area contributed by atoms with Gasteiger partial charge in [-0.2, -0.15) is 0 Å². The van der Waals surface area contributed by atoms with E-state index in [2.05, 4.69) is 35.5 Å². The van der Waals surface area contributed by atoms with Gasteiger partial charge < -0.3 is 44.0 Å². The molecule has 6 rings (SSSR count). The zero-order chi connectivity index (χ0) is 34.2. The first-order chi connectivity index (χ1) is 23.1. The molecule has 0 saturated carbocycles. The Bertz CT molecular complexity index is 1640. The summed E-state index contributed by atoms with van der Waals surface area (Å²) in [5.74, 6) is -0.975. The highest BCUT2D eigenvalue weighted by Crippen LogP contribution is 2.53. The molecule has 3 aliphatic rings. The SMILES string of the molecule is C=CCOC(=O)[C@H]1O[C@H](OC(=O)c2ccc(C34CC[C@H](C[C@H](OCC)C3)N4Cc3c(OC)cc(C)c4[nH]ccc34)cc2)[C@H](O)[C@@H](O)[C@@H]1O. The highest BCUT2D eigenvalue weighted by atomic mass is 16.7. The lowest BCUT2D eigenvalue weighted by Gasteiger charge is -2.48. The van der Waals surface area contributed by atoms with Crippen molar-refractivity contribution in [3.8, 4) is 5.75 Å². The molecule has 3 aliphatic heterocycles. The molecule has 0 aliphatic carbocycles. The Labute approximate surface area is 279 Å². The van der Waals surface area contributed by atoms with Gasteiger partial charge in [0.1, 0.15) is 30.7 Å². The van der Waals surface area contributed by atoms with Crippen LogP contribution in [-0.2, 0) is 35.8 Å². The molecule has 1 aromatic heterocycles. The van der Waals surface area contributed by atoms with Crippen LogP contribution in [0.4, 0.5) is 0 Å². The second kappa shape index (κ2) is 14.0. The summed E-state index contributed by atoms with van der Waals surface area (Å²) in [7, 11) is 1.70. The average Bonchev–Trinajstić information content (AvgIpc) is 3.66. The van der Waals surface area contributed by atoms with Crippen molar-refractivity contribution in [1.82, 2.24) is 9.88 Å². The number of hydrogen-bond donors (Lipinski definition) is 4. The number of aliphatic hydroxyl groups excluding tert-OH is 3. The maximum atomic E-state index is 13.2. The number of methoxy groups -OCH3 is 1. The second-order valence-corrected chi connectivity index (χ2v) is 12.8. The average molecular weight is 665 g/mol. The Morgan fingerprint density at radius 2 is 1.92 bits per heavy atom. The van der Waals surface area contributed by atoms with Gasteiger partial charge in [-0.3, -0.25) is 4.90 Å². The van der Waals surface area contributed by atoms with Gasteiger partial charge in [-0.25, -0.2) is 9.59 Å². The number of ether oxygens (including phenoxy) is 5. The minimum Gasteiger partial charge on any atom is -0.496 e. The van der Waals surface area contributed by atoms with Gasteiger partial charge >= 0.3 is 11.9 Å². The number of carbonyl (C=O) groups is 2. The summed E-state index contributed by atoms with van der Waals surface area (Å²) >= 11 is 0. The molecule has 48 heavy (non-hydrogen) atoms. The second-order valence-electron chi connectivity index (χ2n) is 12.8. The van der Waals surface area contributed by atoms with E-state index in [1.54, 1.807) is 19.2 Å². The van der Waals surface area contributed by atoms with Gasteiger partial charge in [0.05, 0.1) is 18.8 Å². The number of hydrogen-bond acceptors (Lipinski definition) is 11. The van der Waals surface area contributed by atoms with Crippen molar-refractivity contribution in [2.75, 3.05) is 20.3 Å². The number of aromatic amines is 1. The van der Waals surface area contributed by atoms with E-state index in [0.717, 1.165) is 59.0 Å². The highest BCUT2D eigenvalue weighted by molar-refractivity contribution is 5.90. The molecule has 0 amide bonds. The summed E-state index contributed by atoms with van der Waals surface area (Å²) in [5.41, 5.74) is 4.20. The third-order valence-electron chi connectivity index (χ3n) is 10.1. The number of fused-ring (bicyclic) bond motifs is 3. The first-order valence-electron chi connectivity index (χ1n) is 16.4. The first-order valence-corrected chi connectivity index (χ1v) is 16.4. The van der Waals surface area contributed by atoms with Crippen LogP contribution in [0.5, 0.6) is 5.75 Å². The molecule has 2 aromatic carbocycles. The highest BCUT2D eigenvalue weighted by Gasteiger charge is 2.53. The van der Waals surface area contributed by atoms with Crippen molar-refractivity contribution in [1.29, 1.82) is 0 Å². The fraction of sp³-hybridized carbons (Fsp3) is 0.500. The molecule has 3 saturated heterocycles. The smallest absolute Gasteiger partial charge is 0.340 e. The zero-order valence-corrected chi connectivity index (χ0v) is 27.5. The van der Waals surface area contributed by atoms with Crippen LogP contribution in [0.25, 0.3) is 10.9 Å². The Kier molecular flexibility index (Phi) is 9.93. The number of aryl methyl sites for hydroxylation is 1. The number of benzene rings is 2. The van der Waals surface area contributed by atoms with E-state index in [1.165, 1.54) is 6.08 Å².